The van der Waals surface area contributed by atoms with Gasteiger partial charge < -0.3 is 9.73 Å². The van der Waals surface area contributed by atoms with Crippen LogP contribution < -0.4 is 5.32 Å². The van der Waals surface area contributed by atoms with Crippen LogP contribution in [0, 0.1) is 12.7 Å². The molecule has 1 aromatic heterocycles. The Labute approximate surface area is 128 Å². The molecule has 112 valence electrons. The number of aromatic nitrogens is 2. The second-order valence-electron chi connectivity index (χ2n) is 5.13. The molecule has 2 aromatic carbocycles. The Morgan fingerprint density at radius 3 is 2.64 bits per heavy atom. The Balaban J connectivity index is 1.81. The lowest BCUT2D eigenvalue weighted by Crippen LogP contribution is -2.06. The van der Waals surface area contributed by atoms with E-state index in [2.05, 4.69) is 15.5 Å². The molecule has 0 aliphatic rings. The van der Waals surface area contributed by atoms with Crippen molar-refractivity contribution in [2.75, 3.05) is 5.32 Å². The van der Waals surface area contributed by atoms with Crippen molar-refractivity contribution in [3.8, 4) is 11.5 Å². The number of nitrogens with zero attached hydrogens (tertiary/aromatic N) is 2. The van der Waals surface area contributed by atoms with Crippen LogP contribution in [0.15, 0.2) is 52.9 Å². The zero-order chi connectivity index (χ0) is 15.5. The summed E-state index contributed by atoms with van der Waals surface area (Å²) in [4.78, 5) is 0. The molecule has 0 saturated carbocycles. The molecular formula is C17H16FN3O. The number of halogens is 1. The third kappa shape index (κ3) is 3.14. The van der Waals surface area contributed by atoms with E-state index in [1.165, 1.54) is 12.1 Å². The largest absolute Gasteiger partial charge is 0.421 e. The van der Waals surface area contributed by atoms with E-state index in [9.17, 15) is 4.39 Å². The van der Waals surface area contributed by atoms with Crippen molar-refractivity contribution in [3.63, 3.8) is 0 Å². The van der Waals surface area contributed by atoms with Crippen LogP contribution in [0.5, 0.6) is 0 Å². The van der Waals surface area contributed by atoms with Crippen molar-refractivity contribution in [3.05, 3.63) is 65.8 Å². The first-order valence-electron chi connectivity index (χ1n) is 7.04. The van der Waals surface area contributed by atoms with Crippen LogP contribution in [0.3, 0.4) is 0 Å². The van der Waals surface area contributed by atoms with E-state index < -0.39 is 0 Å². The minimum absolute atomic E-state index is 0.0182. The Bertz CT molecular complexity index is 785. The molecule has 0 bridgehead atoms. The molecule has 0 unspecified atom stereocenters. The maximum Gasteiger partial charge on any atom is 0.247 e. The fourth-order valence-electron chi connectivity index (χ4n) is 2.26. The highest BCUT2D eigenvalue weighted by atomic mass is 19.1. The van der Waals surface area contributed by atoms with Gasteiger partial charge in [0, 0.05) is 24.2 Å². The van der Waals surface area contributed by atoms with Crippen LogP contribution in [-0.4, -0.2) is 10.2 Å². The SMILES string of the molecule is Cc1nnc(-c2cccc(N[C@H](C)c3cccc(F)c3)c2)o1. The van der Waals surface area contributed by atoms with Gasteiger partial charge in [0.1, 0.15) is 5.82 Å². The number of rotatable bonds is 4. The zero-order valence-electron chi connectivity index (χ0n) is 12.4. The van der Waals surface area contributed by atoms with E-state index in [1.807, 2.05) is 37.3 Å². The second-order valence-corrected chi connectivity index (χ2v) is 5.13. The zero-order valence-corrected chi connectivity index (χ0v) is 12.4. The molecule has 0 amide bonds. The highest BCUT2D eigenvalue weighted by Gasteiger charge is 2.09. The minimum Gasteiger partial charge on any atom is -0.421 e. The summed E-state index contributed by atoms with van der Waals surface area (Å²) < 4.78 is 18.7. The molecule has 3 aromatic rings. The van der Waals surface area contributed by atoms with E-state index in [0.717, 1.165) is 16.8 Å². The normalized spacial score (nSPS) is 12.1. The maximum absolute atomic E-state index is 13.3. The predicted molar refractivity (Wildman–Crippen MR) is 82.9 cm³/mol. The fourth-order valence-corrected chi connectivity index (χ4v) is 2.26. The molecule has 22 heavy (non-hydrogen) atoms. The summed E-state index contributed by atoms with van der Waals surface area (Å²) in [7, 11) is 0. The Hall–Kier alpha value is -2.69. The summed E-state index contributed by atoms with van der Waals surface area (Å²) in [6.07, 6.45) is 0. The molecule has 0 spiro atoms. The van der Waals surface area contributed by atoms with Gasteiger partial charge in [-0.15, -0.1) is 10.2 Å². The van der Waals surface area contributed by atoms with Crippen LogP contribution in [0.2, 0.25) is 0 Å². The molecular weight excluding hydrogens is 281 g/mol. The molecule has 1 heterocycles. The van der Waals surface area contributed by atoms with Gasteiger partial charge in [-0.25, -0.2) is 4.39 Å². The molecule has 4 nitrogen and oxygen atoms in total. The Kier molecular flexibility index (Phi) is 3.87. The van der Waals surface area contributed by atoms with Crippen LogP contribution in [-0.2, 0) is 0 Å². The standard InChI is InChI=1S/C17H16FN3O/c1-11(13-5-3-7-15(18)9-13)19-16-8-4-6-14(10-16)17-21-20-12(2)22-17/h3-11,19H,1-2H3/t11-/m1/s1. The Morgan fingerprint density at radius 2 is 1.91 bits per heavy atom. The van der Waals surface area contributed by atoms with Crippen LogP contribution in [0.25, 0.3) is 11.5 Å². The number of hydrogen-bond donors (Lipinski definition) is 1. The summed E-state index contributed by atoms with van der Waals surface area (Å²) in [6.45, 7) is 3.74. The van der Waals surface area contributed by atoms with E-state index >= 15 is 0 Å². The van der Waals surface area contributed by atoms with E-state index in [0.29, 0.717) is 11.8 Å². The third-order valence-corrected chi connectivity index (χ3v) is 3.37. The van der Waals surface area contributed by atoms with Gasteiger partial charge in [0.2, 0.25) is 11.8 Å². The number of nitrogens with one attached hydrogen (secondary N) is 1. The summed E-state index contributed by atoms with van der Waals surface area (Å²) in [5.74, 6) is 0.780. The number of hydrogen-bond acceptors (Lipinski definition) is 4. The van der Waals surface area contributed by atoms with Crippen molar-refractivity contribution in [1.29, 1.82) is 0 Å². The highest BCUT2D eigenvalue weighted by Crippen LogP contribution is 2.24. The van der Waals surface area contributed by atoms with Crippen molar-refractivity contribution in [2.24, 2.45) is 0 Å². The van der Waals surface area contributed by atoms with Crippen molar-refractivity contribution in [2.45, 2.75) is 19.9 Å². The van der Waals surface area contributed by atoms with E-state index in [1.54, 1.807) is 13.0 Å². The van der Waals surface area contributed by atoms with Crippen molar-refractivity contribution >= 4 is 5.69 Å². The van der Waals surface area contributed by atoms with Crippen LogP contribution >= 0.6 is 0 Å². The van der Waals surface area contributed by atoms with Gasteiger partial charge >= 0.3 is 0 Å². The van der Waals surface area contributed by atoms with Gasteiger partial charge in [0.25, 0.3) is 0 Å². The number of aryl methyl sites for hydroxylation is 1. The summed E-state index contributed by atoms with van der Waals surface area (Å²) in [5.41, 5.74) is 2.64. The van der Waals surface area contributed by atoms with Crippen molar-refractivity contribution < 1.29 is 8.81 Å². The summed E-state index contributed by atoms with van der Waals surface area (Å²) in [6, 6.07) is 14.3. The van der Waals surface area contributed by atoms with E-state index in [4.69, 9.17) is 4.42 Å². The average Bonchev–Trinajstić information content (AvgIpc) is 2.94. The first-order chi connectivity index (χ1) is 10.6. The summed E-state index contributed by atoms with van der Waals surface area (Å²) >= 11 is 0. The highest BCUT2D eigenvalue weighted by molar-refractivity contribution is 5.61. The van der Waals surface area contributed by atoms with Gasteiger partial charge in [-0.05, 0) is 42.8 Å². The molecule has 0 aliphatic carbocycles. The van der Waals surface area contributed by atoms with Gasteiger partial charge in [0.15, 0.2) is 0 Å². The first-order valence-corrected chi connectivity index (χ1v) is 7.04. The van der Waals surface area contributed by atoms with Crippen LogP contribution in [0.1, 0.15) is 24.4 Å². The second kappa shape index (κ2) is 5.97. The third-order valence-electron chi connectivity index (χ3n) is 3.37. The summed E-state index contributed by atoms with van der Waals surface area (Å²) in [5, 5.41) is 11.2. The molecule has 5 heteroatoms. The fraction of sp³-hybridized carbons (Fsp3) is 0.176. The minimum atomic E-state index is -0.235. The molecule has 1 atom stereocenters. The van der Waals surface area contributed by atoms with Gasteiger partial charge in [-0.2, -0.15) is 0 Å². The van der Waals surface area contributed by atoms with Crippen molar-refractivity contribution in [1.82, 2.24) is 10.2 Å². The average molecular weight is 297 g/mol. The molecule has 0 saturated heterocycles. The van der Waals surface area contributed by atoms with Gasteiger partial charge in [-0.3, -0.25) is 0 Å². The molecule has 0 radical (unpaired) electrons. The lowest BCUT2D eigenvalue weighted by Gasteiger charge is -2.16. The Morgan fingerprint density at radius 1 is 1.09 bits per heavy atom. The quantitative estimate of drug-likeness (QED) is 0.777. The lowest BCUT2D eigenvalue weighted by atomic mass is 10.1. The molecule has 3 rings (SSSR count). The van der Waals surface area contributed by atoms with Crippen LogP contribution in [0.4, 0.5) is 10.1 Å². The topological polar surface area (TPSA) is 51.0 Å². The van der Waals surface area contributed by atoms with Gasteiger partial charge in [-0.1, -0.05) is 18.2 Å². The first kappa shape index (κ1) is 14.3. The molecule has 0 fully saturated rings. The molecule has 0 aliphatic heterocycles. The lowest BCUT2D eigenvalue weighted by molar-refractivity contribution is 0.533. The number of anilines is 1. The molecule has 1 N–H and O–H groups in total. The predicted octanol–water partition coefficient (Wildman–Crippen LogP) is 4.36. The smallest absolute Gasteiger partial charge is 0.247 e. The maximum atomic E-state index is 13.3. The monoisotopic (exact) mass is 297 g/mol. The van der Waals surface area contributed by atoms with Gasteiger partial charge in [0.05, 0.1) is 0 Å². The number of benzene rings is 2. The van der Waals surface area contributed by atoms with E-state index in [-0.39, 0.29) is 11.9 Å².